The lowest BCUT2D eigenvalue weighted by Crippen LogP contribution is -2.80. The molecule has 1 saturated heterocycles. The molecule has 1 unspecified atom stereocenters. The summed E-state index contributed by atoms with van der Waals surface area (Å²) in [4.78, 5) is 38.4. The van der Waals surface area contributed by atoms with Gasteiger partial charge in [0.1, 0.15) is 11.1 Å². The number of ether oxygens (including phenoxy) is 1. The standard InChI is InChI=1S/C15H16N2O5S2/c1-8-7-24-14-15(22-2,13(21)17(14)11(8)12(19)20)16-10(18)6-9-4-3-5-23-9/h3-5,14H,6-7H2,1-2H3,(H,16,18)(H,19,20)/t14?,15-/m0/s1. The van der Waals surface area contributed by atoms with Crippen molar-refractivity contribution in [3.05, 3.63) is 33.7 Å². The number of hydrogen-bond donors (Lipinski definition) is 2. The predicted octanol–water partition coefficient (Wildman–Crippen LogP) is 1.02. The van der Waals surface area contributed by atoms with Gasteiger partial charge >= 0.3 is 5.97 Å². The summed E-state index contributed by atoms with van der Waals surface area (Å²) in [6, 6.07) is 3.68. The molecule has 7 nitrogen and oxygen atoms in total. The lowest BCUT2D eigenvalue weighted by atomic mass is 9.98. The van der Waals surface area contributed by atoms with Crippen LogP contribution in [0.25, 0.3) is 0 Å². The summed E-state index contributed by atoms with van der Waals surface area (Å²) in [6.07, 6.45) is 0.147. The van der Waals surface area contributed by atoms with Gasteiger partial charge in [0.05, 0.1) is 6.42 Å². The van der Waals surface area contributed by atoms with E-state index in [2.05, 4.69) is 5.32 Å². The molecule has 128 valence electrons. The van der Waals surface area contributed by atoms with Gasteiger partial charge in [-0.25, -0.2) is 4.79 Å². The lowest BCUT2D eigenvalue weighted by molar-refractivity contribution is -0.192. The topological polar surface area (TPSA) is 95.9 Å². The minimum Gasteiger partial charge on any atom is -0.477 e. The van der Waals surface area contributed by atoms with Crippen molar-refractivity contribution in [1.82, 2.24) is 10.2 Å². The van der Waals surface area contributed by atoms with Crippen LogP contribution in [0.2, 0.25) is 0 Å². The molecule has 2 amide bonds. The van der Waals surface area contributed by atoms with Crippen molar-refractivity contribution in [2.75, 3.05) is 12.9 Å². The van der Waals surface area contributed by atoms with Crippen LogP contribution in [0, 0.1) is 0 Å². The van der Waals surface area contributed by atoms with Crippen molar-refractivity contribution in [3.8, 4) is 0 Å². The van der Waals surface area contributed by atoms with Gasteiger partial charge in [0.2, 0.25) is 5.91 Å². The molecule has 0 spiro atoms. The molecule has 2 N–H and O–H groups in total. The summed E-state index contributed by atoms with van der Waals surface area (Å²) >= 11 is 2.83. The second kappa shape index (κ2) is 6.23. The number of hydrogen-bond acceptors (Lipinski definition) is 6. The van der Waals surface area contributed by atoms with Crippen molar-refractivity contribution in [1.29, 1.82) is 0 Å². The highest BCUT2D eigenvalue weighted by Crippen LogP contribution is 2.46. The van der Waals surface area contributed by atoms with E-state index in [1.807, 2.05) is 17.5 Å². The van der Waals surface area contributed by atoms with E-state index in [0.717, 1.165) is 4.88 Å². The van der Waals surface area contributed by atoms with Crippen LogP contribution in [0.5, 0.6) is 0 Å². The third kappa shape index (κ3) is 2.52. The van der Waals surface area contributed by atoms with Crippen molar-refractivity contribution < 1.29 is 24.2 Å². The molecule has 1 fully saturated rings. The zero-order valence-electron chi connectivity index (χ0n) is 13.1. The average molecular weight is 368 g/mol. The molecular weight excluding hydrogens is 352 g/mol. The second-order valence-corrected chi connectivity index (χ2v) is 7.62. The molecule has 9 heteroatoms. The van der Waals surface area contributed by atoms with Gasteiger partial charge in [-0.05, 0) is 23.9 Å². The lowest BCUT2D eigenvalue weighted by Gasteiger charge is -2.55. The van der Waals surface area contributed by atoms with Gasteiger partial charge in [-0.1, -0.05) is 6.07 Å². The van der Waals surface area contributed by atoms with Crippen LogP contribution in [-0.2, 0) is 25.5 Å². The number of carboxylic acid groups (broad SMARTS) is 1. The number of nitrogens with one attached hydrogen (secondary N) is 1. The Balaban J connectivity index is 1.81. The fourth-order valence-corrected chi connectivity index (χ4v) is 4.95. The van der Waals surface area contributed by atoms with Crippen molar-refractivity contribution in [2.45, 2.75) is 24.4 Å². The fraction of sp³-hybridized carbons (Fsp3) is 0.400. The van der Waals surface area contributed by atoms with Crippen LogP contribution in [0.1, 0.15) is 11.8 Å². The molecular formula is C15H16N2O5S2. The first-order chi connectivity index (χ1) is 11.4. The Bertz CT molecular complexity index is 730. The van der Waals surface area contributed by atoms with Crippen molar-refractivity contribution in [2.24, 2.45) is 0 Å². The highest BCUT2D eigenvalue weighted by molar-refractivity contribution is 8.00. The Morgan fingerprint density at radius 3 is 2.88 bits per heavy atom. The molecule has 0 radical (unpaired) electrons. The number of carbonyl (C=O) groups excluding carboxylic acids is 2. The molecule has 0 aromatic carbocycles. The van der Waals surface area contributed by atoms with Gasteiger partial charge in [-0.15, -0.1) is 23.1 Å². The summed E-state index contributed by atoms with van der Waals surface area (Å²) < 4.78 is 5.35. The molecule has 24 heavy (non-hydrogen) atoms. The quantitative estimate of drug-likeness (QED) is 0.595. The Labute approximate surface area is 146 Å². The molecule has 0 bridgehead atoms. The first kappa shape index (κ1) is 17.0. The summed E-state index contributed by atoms with van der Waals surface area (Å²) in [5, 5.41) is 13.3. The third-order valence-electron chi connectivity index (χ3n) is 3.99. The molecule has 1 aromatic heterocycles. The summed E-state index contributed by atoms with van der Waals surface area (Å²) in [7, 11) is 1.34. The Hall–Kier alpha value is -1.84. The molecule has 0 aliphatic carbocycles. The number of methoxy groups -OCH3 is 1. The molecule has 3 rings (SSSR count). The first-order valence-electron chi connectivity index (χ1n) is 7.17. The Morgan fingerprint density at radius 2 is 2.29 bits per heavy atom. The molecule has 0 saturated carbocycles. The minimum absolute atomic E-state index is 0.0241. The van der Waals surface area contributed by atoms with E-state index < -0.39 is 23.0 Å². The zero-order chi connectivity index (χ0) is 17.5. The molecule has 2 aliphatic heterocycles. The van der Waals surface area contributed by atoms with E-state index in [-0.39, 0.29) is 18.0 Å². The number of carboxylic acids is 1. The van der Waals surface area contributed by atoms with Crippen LogP contribution in [0.4, 0.5) is 0 Å². The predicted molar refractivity (Wildman–Crippen MR) is 89.3 cm³/mol. The number of rotatable bonds is 5. The second-order valence-electron chi connectivity index (χ2n) is 5.52. The monoisotopic (exact) mass is 368 g/mol. The number of thiophene rings is 1. The van der Waals surface area contributed by atoms with Crippen molar-refractivity contribution in [3.63, 3.8) is 0 Å². The Morgan fingerprint density at radius 1 is 1.54 bits per heavy atom. The summed E-state index contributed by atoms with van der Waals surface area (Å²) in [5.74, 6) is -1.59. The molecule has 2 aliphatic rings. The maximum atomic E-state index is 12.6. The number of aliphatic carboxylic acids is 1. The van der Waals surface area contributed by atoms with E-state index in [0.29, 0.717) is 11.3 Å². The number of β-lactam (4-membered cyclic amide) rings is 1. The van der Waals surface area contributed by atoms with Crippen LogP contribution >= 0.6 is 23.1 Å². The van der Waals surface area contributed by atoms with Gasteiger partial charge < -0.3 is 15.2 Å². The van der Waals surface area contributed by atoms with Crippen LogP contribution in [0.3, 0.4) is 0 Å². The summed E-state index contributed by atoms with van der Waals surface area (Å²) in [5.41, 5.74) is -0.920. The van der Waals surface area contributed by atoms with E-state index in [1.165, 1.54) is 35.1 Å². The SMILES string of the molecule is CO[C@@]1(NC(=O)Cc2cccs2)C(=O)N2C(C(=O)O)=C(C)CSC21. The van der Waals surface area contributed by atoms with E-state index in [9.17, 15) is 19.5 Å². The highest BCUT2D eigenvalue weighted by Gasteiger charge is 2.66. The van der Waals surface area contributed by atoms with Gasteiger partial charge in [-0.3, -0.25) is 14.5 Å². The average Bonchev–Trinajstić information content (AvgIpc) is 3.04. The van der Waals surface area contributed by atoms with Crippen molar-refractivity contribution >= 4 is 40.9 Å². The van der Waals surface area contributed by atoms with Gasteiger partial charge in [0.25, 0.3) is 11.6 Å². The minimum atomic E-state index is -1.51. The highest BCUT2D eigenvalue weighted by atomic mass is 32.2. The normalized spacial score (nSPS) is 26.0. The van der Waals surface area contributed by atoms with E-state index >= 15 is 0 Å². The van der Waals surface area contributed by atoms with Crippen LogP contribution < -0.4 is 5.32 Å². The third-order valence-corrected chi connectivity index (χ3v) is 6.32. The Kier molecular flexibility index (Phi) is 4.41. The molecule has 2 atom stereocenters. The number of thioether (sulfide) groups is 1. The summed E-state index contributed by atoms with van der Waals surface area (Å²) in [6.45, 7) is 1.68. The number of amides is 2. The fourth-order valence-electron chi connectivity index (χ4n) is 2.86. The molecule has 1 aromatic rings. The van der Waals surface area contributed by atoms with E-state index in [4.69, 9.17) is 4.74 Å². The first-order valence-corrected chi connectivity index (χ1v) is 9.10. The number of nitrogens with zero attached hydrogens (tertiary/aromatic N) is 1. The maximum absolute atomic E-state index is 12.6. The van der Waals surface area contributed by atoms with Gasteiger partial charge in [0, 0.05) is 17.7 Å². The largest absolute Gasteiger partial charge is 0.477 e. The van der Waals surface area contributed by atoms with Crippen LogP contribution in [0.15, 0.2) is 28.8 Å². The van der Waals surface area contributed by atoms with Gasteiger partial charge in [0.15, 0.2) is 0 Å². The maximum Gasteiger partial charge on any atom is 0.352 e. The number of carbonyl (C=O) groups is 3. The van der Waals surface area contributed by atoms with Gasteiger partial charge in [-0.2, -0.15) is 0 Å². The van der Waals surface area contributed by atoms with E-state index in [1.54, 1.807) is 6.92 Å². The zero-order valence-corrected chi connectivity index (χ0v) is 14.7. The molecule has 3 heterocycles. The van der Waals surface area contributed by atoms with Crippen LogP contribution in [-0.4, -0.2) is 51.8 Å². The smallest absolute Gasteiger partial charge is 0.352 e. The number of fused-ring (bicyclic) bond motifs is 1.